The molecule has 108 valence electrons. The van der Waals surface area contributed by atoms with Crippen molar-refractivity contribution in [3.8, 4) is 0 Å². The van der Waals surface area contributed by atoms with Crippen molar-refractivity contribution in [3.63, 3.8) is 0 Å². The molecule has 0 heterocycles. The molecule has 1 aromatic carbocycles. The quantitative estimate of drug-likeness (QED) is 0.523. The summed E-state index contributed by atoms with van der Waals surface area (Å²) in [5.41, 5.74) is 0.612. The number of benzene rings is 1. The Hall–Kier alpha value is -0.263. The fourth-order valence-corrected chi connectivity index (χ4v) is 2.70. The van der Waals surface area contributed by atoms with Crippen LogP contribution in [0.15, 0.2) is 12.1 Å². The van der Waals surface area contributed by atoms with Crippen molar-refractivity contribution in [2.45, 2.75) is 50.8 Å². The summed E-state index contributed by atoms with van der Waals surface area (Å²) in [4.78, 5) is 0. The van der Waals surface area contributed by atoms with Gasteiger partial charge in [-0.15, -0.1) is 0 Å². The zero-order valence-electron chi connectivity index (χ0n) is 12.1. The van der Waals surface area contributed by atoms with Gasteiger partial charge in [-0.05, 0) is 18.1 Å². The summed E-state index contributed by atoms with van der Waals surface area (Å²) in [5.74, 6) is -1.58. The van der Waals surface area contributed by atoms with Gasteiger partial charge in [0.25, 0.3) is 0 Å². The van der Waals surface area contributed by atoms with Crippen molar-refractivity contribution in [2.75, 3.05) is 0 Å². The van der Waals surface area contributed by atoms with Crippen LogP contribution in [0.3, 0.4) is 0 Å². The van der Waals surface area contributed by atoms with E-state index >= 15 is 0 Å². The first-order valence-corrected chi connectivity index (χ1v) is 10.3. The third-order valence-electron chi connectivity index (χ3n) is 3.78. The maximum atomic E-state index is 13.9. The second kappa shape index (κ2) is 6.02. The molecule has 0 unspecified atom stereocenters. The molecule has 1 rings (SSSR count). The lowest BCUT2D eigenvalue weighted by Crippen LogP contribution is -2.40. The standard InChI is InChI=1S/C14H21BrF2OSi/c1-14(2,3)19(4,5)18-9-11-7-6-10(8-15)12(16)13(11)17/h6-7H,8-9H2,1-5H3. The first-order valence-electron chi connectivity index (χ1n) is 6.26. The van der Waals surface area contributed by atoms with E-state index in [0.29, 0.717) is 10.9 Å². The van der Waals surface area contributed by atoms with E-state index in [1.807, 2.05) is 0 Å². The van der Waals surface area contributed by atoms with Gasteiger partial charge in [-0.3, -0.25) is 0 Å². The molecule has 1 nitrogen and oxygen atoms in total. The Morgan fingerprint density at radius 3 is 2.05 bits per heavy atom. The van der Waals surface area contributed by atoms with E-state index in [4.69, 9.17) is 4.43 Å². The maximum absolute atomic E-state index is 13.9. The molecule has 0 spiro atoms. The SMILES string of the molecule is CC(C)(C)[Si](C)(C)OCc1ccc(CBr)c(F)c1F. The molecular formula is C14H21BrF2OSi. The van der Waals surface area contributed by atoms with Crippen LogP contribution in [0, 0.1) is 11.6 Å². The molecule has 0 aliphatic carbocycles. The van der Waals surface area contributed by atoms with Gasteiger partial charge >= 0.3 is 0 Å². The molecule has 0 saturated heterocycles. The average Bonchev–Trinajstić information content (AvgIpc) is 2.29. The van der Waals surface area contributed by atoms with Crippen LogP contribution in [0.4, 0.5) is 8.78 Å². The Morgan fingerprint density at radius 1 is 1.11 bits per heavy atom. The molecule has 19 heavy (non-hydrogen) atoms. The van der Waals surface area contributed by atoms with E-state index in [-0.39, 0.29) is 17.2 Å². The zero-order chi connectivity index (χ0) is 14.8. The molecular weight excluding hydrogens is 330 g/mol. The van der Waals surface area contributed by atoms with Crippen LogP contribution in [-0.2, 0) is 16.4 Å². The second-order valence-electron chi connectivity index (χ2n) is 6.19. The van der Waals surface area contributed by atoms with Crippen LogP contribution < -0.4 is 0 Å². The van der Waals surface area contributed by atoms with Gasteiger partial charge in [0.1, 0.15) is 0 Å². The van der Waals surface area contributed by atoms with Crippen molar-refractivity contribution >= 4 is 24.2 Å². The van der Waals surface area contributed by atoms with Crippen molar-refractivity contribution in [2.24, 2.45) is 0 Å². The summed E-state index contributed by atoms with van der Waals surface area (Å²) < 4.78 is 33.4. The highest BCUT2D eigenvalue weighted by Gasteiger charge is 2.37. The average molecular weight is 351 g/mol. The van der Waals surface area contributed by atoms with Gasteiger partial charge in [0.05, 0.1) is 6.61 Å². The highest BCUT2D eigenvalue weighted by molar-refractivity contribution is 9.08. The Kier molecular flexibility index (Phi) is 5.32. The largest absolute Gasteiger partial charge is 0.412 e. The summed E-state index contributed by atoms with van der Waals surface area (Å²) in [5, 5.41) is 0.358. The molecule has 1 aromatic rings. The summed E-state index contributed by atoms with van der Waals surface area (Å²) in [6, 6.07) is 3.19. The Labute approximate surface area is 123 Å². The van der Waals surface area contributed by atoms with E-state index in [0.717, 1.165) is 0 Å². The highest BCUT2D eigenvalue weighted by atomic mass is 79.9. The van der Waals surface area contributed by atoms with E-state index < -0.39 is 20.0 Å². The zero-order valence-corrected chi connectivity index (χ0v) is 14.7. The lowest BCUT2D eigenvalue weighted by Gasteiger charge is -2.36. The topological polar surface area (TPSA) is 9.23 Å². The van der Waals surface area contributed by atoms with E-state index in [1.165, 1.54) is 0 Å². The number of hydrogen-bond acceptors (Lipinski definition) is 1. The third-order valence-corrected chi connectivity index (χ3v) is 8.86. The normalized spacial score (nSPS) is 12.8. The molecule has 0 atom stereocenters. The van der Waals surface area contributed by atoms with Gasteiger partial charge in [-0.25, -0.2) is 8.78 Å². The molecule has 5 heteroatoms. The lowest BCUT2D eigenvalue weighted by atomic mass is 10.1. The first-order chi connectivity index (χ1) is 8.60. The van der Waals surface area contributed by atoms with Gasteiger partial charge in [-0.1, -0.05) is 48.8 Å². The minimum Gasteiger partial charge on any atom is -0.412 e. The van der Waals surface area contributed by atoms with Crippen LogP contribution in [-0.4, -0.2) is 8.32 Å². The molecule has 0 aromatic heterocycles. The van der Waals surface area contributed by atoms with Crippen molar-refractivity contribution < 1.29 is 13.2 Å². The van der Waals surface area contributed by atoms with Crippen LogP contribution in [0.25, 0.3) is 0 Å². The Bertz CT molecular complexity index is 455. The van der Waals surface area contributed by atoms with Crippen LogP contribution >= 0.6 is 15.9 Å². The summed E-state index contributed by atoms with van der Waals surface area (Å²) in [6.45, 7) is 10.7. The minimum absolute atomic E-state index is 0.0534. The van der Waals surface area contributed by atoms with Crippen LogP contribution in [0.2, 0.25) is 18.1 Å². The fourth-order valence-electron chi connectivity index (χ4n) is 1.32. The van der Waals surface area contributed by atoms with Gasteiger partial charge in [0.15, 0.2) is 20.0 Å². The molecule has 0 amide bonds. The van der Waals surface area contributed by atoms with E-state index in [9.17, 15) is 8.78 Å². The Morgan fingerprint density at radius 2 is 1.58 bits per heavy atom. The number of halogens is 3. The first kappa shape index (κ1) is 16.8. The fraction of sp³-hybridized carbons (Fsp3) is 0.571. The highest BCUT2D eigenvalue weighted by Crippen LogP contribution is 2.37. The summed E-state index contributed by atoms with van der Waals surface area (Å²) in [7, 11) is -1.95. The predicted octanol–water partition coefficient (Wildman–Crippen LogP) is 5.38. The summed E-state index contributed by atoms with van der Waals surface area (Å²) in [6.07, 6.45) is 0. The van der Waals surface area contributed by atoms with Crippen LogP contribution in [0.5, 0.6) is 0 Å². The molecule has 0 aliphatic heterocycles. The Balaban J connectivity index is 2.88. The molecule has 0 saturated carbocycles. The lowest BCUT2D eigenvalue weighted by molar-refractivity contribution is 0.269. The maximum Gasteiger partial charge on any atom is 0.192 e. The van der Waals surface area contributed by atoms with Gasteiger partial charge in [0, 0.05) is 16.5 Å². The molecule has 0 fully saturated rings. The molecule has 0 N–H and O–H groups in total. The number of alkyl halides is 1. The number of hydrogen-bond donors (Lipinski definition) is 0. The number of rotatable bonds is 4. The molecule has 0 bridgehead atoms. The third kappa shape index (κ3) is 3.86. The van der Waals surface area contributed by atoms with Crippen LogP contribution in [0.1, 0.15) is 31.9 Å². The minimum atomic E-state index is -1.95. The smallest absolute Gasteiger partial charge is 0.192 e. The van der Waals surface area contributed by atoms with Crippen molar-refractivity contribution in [3.05, 3.63) is 34.9 Å². The van der Waals surface area contributed by atoms with Gasteiger partial charge in [0.2, 0.25) is 0 Å². The van der Waals surface area contributed by atoms with Crippen molar-refractivity contribution in [1.82, 2.24) is 0 Å². The summed E-state index contributed by atoms with van der Waals surface area (Å²) >= 11 is 3.13. The van der Waals surface area contributed by atoms with Gasteiger partial charge < -0.3 is 4.43 Å². The van der Waals surface area contributed by atoms with Crippen molar-refractivity contribution in [1.29, 1.82) is 0 Å². The van der Waals surface area contributed by atoms with Gasteiger partial charge in [-0.2, -0.15) is 0 Å². The van der Waals surface area contributed by atoms with E-state index in [2.05, 4.69) is 49.8 Å². The second-order valence-corrected chi connectivity index (χ2v) is 11.6. The molecule has 0 aliphatic rings. The molecule has 0 radical (unpaired) electrons. The van der Waals surface area contributed by atoms with E-state index in [1.54, 1.807) is 12.1 Å². The predicted molar refractivity (Wildman–Crippen MR) is 81.0 cm³/mol. The monoisotopic (exact) mass is 350 g/mol.